The Balaban J connectivity index is 2.44. The minimum absolute atomic E-state index is 0.294. The van der Waals surface area contributed by atoms with E-state index >= 15 is 0 Å². The first-order valence-corrected chi connectivity index (χ1v) is 7.99. The van der Waals surface area contributed by atoms with Crippen LogP contribution in [-0.4, -0.2) is 22.5 Å². The fraction of sp³-hybridized carbons (Fsp3) is 0.438. The molecule has 0 radical (unpaired) electrons. The molecule has 0 bridgehead atoms. The van der Waals surface area contributed by atoms with Gasteiger partial charge in [-0.2, -0.15) is 0 Å². The Morgan fingerprint density at radius 1 is 1.24 bits per heavy atom. The Labute approximate surface area is 129 Å². The molecular weight excluding hydrogens is 284 g/mol. The summed E-state index contributed by atoms with van der Waals surface area (Å²) in [4.78, 5) is 22.2. The molecule has 0 aliphatic carbocycles. The van der Waals surface area contributed by atoms with E-state index in [1.807, 2.05) is 32.9 Å². The number of rotatable bonds is 5. The zero-order valence-electron chi connectivity index (χ0n) is 12.9. The Morgan fingerprint density at radius 2 is 2.00 bits per heavy atom. The summed E-state index contributed by atoms with van der Waals surface area (Å²) in [5.41, 5.74) is 3.24. The summed E-state index contributed by atoms with van der Waals surface area (Å²) in [5.74, 6) is -0.294. The summed E-state index contributed by atoms with van der Waals surface area (Å²) in [6.07, 6.45) is 1.70. The van der Waals surface area contributed by atoms with Crippen molar-refractivity contribution in [1.29, 1.82) is 0 Å². The van der Waals surface area contributed by atoms with Gasteiger partial charge in [0.05, 0.1) is 39.1 Å². The quantitative estimate of drug-likeness (QED) is 0.785. The maximum absolute atomic E-state index is 12.0. The van der Waals surface area contributed by atoms with E-state index in [2.05, 4.69) is 16.9 Å². The SMILES string of the molecule is CCCc1nc(-c2sc(C)nc2C)ccc1C(=O)OCC. The molecule has 0 saturated carbocycles. The lowest BCUT2D eigenvalue weighted by Crippen LogP contribution is -2.10. The van der Waals surface area contributed by atoms with Crippen molar-refractivity contribution >= 4 is 17.3 Å². The average molecular weight is 304 g/mol. The van der Waals surface area contributed by atoms with E-state index < -0.39 is 0 Å². The van der Waals surface area contributed by atoms with E-state index in [9.17, 15) is 4.79 Å². The summed E-state index contributed by atoms with van der Waals surface area (Å²) >= 11 is 1.63. The van der Waals surface area contributed by atoms with Crippen molar-refractivity contribution in [1.82, 2.24) is 9.97 Å². The maximum Gasteiger partial charge on any atom is 0.339 e. The molecule has 21 heavy (non-hydrogen) atoms. The third-order valence-electron chi connectivity index (χ3n) is 3.09. The first-order valence-electron chi connectivity index (χ1n) is 7.18. The van der Waals surface area contributed by atoms with Gasteiger partial charge in [-0.15, -0.1) is 11.3 Å². The molecule has 0 spiro atoms. The Kier molecular flexibility index (Phi) is 5.07. The standard InChI is InChI=1S/C16H20N2O2S/c1-5-7-13-12(16(19)20-6-2)8-9-14(18-13)15-10(3)17-11(4)21-15/h8-9H,5-7H2,1-4H3. The van der Waals surface area contributed by atoms with Crippen LogP contribution in [0.5, 0.6) is 0 Å². The molecule has 2 heterocycles. The molecule has 2 rings (SSSR count). The van der Waals surface area contributed by atoms with Gasteiger partial charge in [0.2, 0.25) is 0 Å². The Morgan fingerprint density at radius 3 is 2.57 bits per heavy atom. The van der Waals surface area contributed by atoms with Gasteiger partial charge < -0.3 is 4.74 Å². The van der Waals surface area contributed by atoms with E-state index in [0.717, 1.165) is 39.8 Å². The molecule has 2 aromatic heterocycles. The number of aromatic nitrogens is 2. The highest BCUT2D eigenvalue weighted by molar-refractivity contribution is 7.15. The van der Waals surface area contributed by atoms with E-state index in [0.29, 0.717) is 12.2 Å². The predicted molar refractivity (Wildman–Crippen MR) is 84.8 cm³/mol. The number of ether oxygens (including phenoxy) is 1. The Hall–Kier alpha value is -1.75. The molecule has 0 saturated heterocycles. The minimum atomic E-state index is -0.294. The Bertz CT molecular complexity index is 650. The van der Waals surface area contributed by atoms with Crippen LogP contribution in [0.4, 0.5) is 0 Å². The van der Waals surface area contributed by atoms with Gasteiger partial charge >= 0.3 is 5.97 Å². The van der Waals surface area contributed by atoms with Crippen molar-refractivity contribution in [2.45, 2.75) is 40.5 Å². The molecule has 0 amide bonds. The zero-order valence-corrected chi connectivity index (χ0v) is 13.7. The molecule has 0 aliphatic heterocycles. The number of hydrogen-bond donors (Lipinski definition) is 0. The number of thiazole rings is 1. The number of pyridine rings is 1. The van der Waals surface area contributed by atoms with Crippen LogP contribution in [0.25, 0.3) is 10.6 Å². The van der Waals surface area contributed by atoms with Crippen molar-refractivity contribution in [3.63, 3.8) is 0 Å². The largest absolute Gasteiger partial charge is 0.462 e. The number of esters is 1. The lowest BCUT2D eigenvalue weighted by atomic mass is 10.1. The number of carbonyl (C=O) groups excluding carboxylic acids is 1. The second-order valence-electron chi connectivity index (χ2n) is 4.81. The van der Waals surface area contributed by atoms with Gasteiger partial charge in [0, 0.05) is 0 Å². The van der Waals surface area contributed by atoms with Crippen molar-refractivity contribution in [3.05, 3.63) is 34.1 Å². The fourth-order valence-corrected chi connectivity index (χ4v) is 3.11. The fourth-order valence-electron chi connectivity index (χ4n) is 2.22. The minimum Gasteiger partial charge on any atom is -0.462 e. The topological polar surface area (TPSA) is 52.1 Å². The molecular formula is C16H20N2O2S. The number of carbonyl (C=O) groups is 1. The maximum atomic E-state index is 12.0. The highest BCUT2D eigenvalue weighted by Crippen LogP contribution is 2.29. The van der Waals surface area contributed by atoms with Crippen LogP contribution >= 0.6 is 11.3 Å². The summed E-state index contributed by atoms with van der Waals surface area (Å²) in [6.45, 7) is 8.23. The van der Waals surface area contributed by atoms with Gasteiger partial charge in [-0.25, -0.2) is 9.78 Å². The van der Waals surface area contributed by atoms with E-state index in [4.69, 9.17) is 4.74 Å². The van der Waals surface area contributed by atoms with Crippen LogP contribution in [0.15, 0.2) is 12.1 Å². The summed E-state index contributed by atoms with van der Waals surface area (Å²) in [5, 5.41) is 1.02. The van der Waals surface area contributed by atoms with E-state index in [1.165, 1.54) is 0 Å². The third kappa shape index (κ3) is 3.47. The van der Waals surface area contributed by atoms with Crippen LogP contribution in [-0.2, 0) is 11.2 Å². The highest BCUT2D eigenvalue weighted by atomic mass is 32.1. The molecule has 112 valence electrons. The zero-order chi connectivity index (χ0) is 15.4. The van der Waals surface area contributed by atoms with Gasteiger partial charge in [-0.3, -0.25) is 4.98 Å². The molecule has 0 fully saturated rings. The normalized spacial score (nSPS) is 10.7. The van der Waals surface area contributed by atoms with Crippen LogP contribution in [0.1, 0.15) is 47.0 Å². The average Bonchev–Trinajstić information content (AvgIpc) is 2.78. The smallest absolute Gasteiger partial charge is 0.339 e. The van der Waals surface area contributed by atoms with Crippen molar-refractivity contribution in [3.8, 4) is 10.6 Å². The van der Waals surface area contributed by atoms with Gasteiger partial charge in [-0.05, 0) is 39.3 Å². The lowest BCUT2D eigenvalue weighted by molar-refractivity contribution is 0.0524. The van der Waals surface area contributed by atoms with Crippen LogP contribution in [0, 0.1) is 13.8 Å². The van der Waals surface area contributed by atoms with Gasteiger partial charge in [0.25, 0.3) is 0 Å². The second kappa shape index (κ2) is 6.80. The second-order valence-corrected chi connectivity index (χ2v) is 6.01. The molecule has 0 aliphatic rings. The number of aryl methyl sites for hydroxylation is 3. The van der Waals surface area contributed by atoms with Gasteiger partial charge in [-0.1, -0.05) is 13.3 Å². The molecule has 0 N–H and O–H groups in total. The molecule has 2 aromatic rings. The summed E-state index contributed by atoms with van der Waals surface area (Å²) < 4.78 is 5.10. The van der Waals surface area contributed by atoms with Crippen molar-refractivity contribution in [2.75, 3.05) is 6.61 Å². The molecule has 0 aromatic carbocycles. The van der Waals surface area contributed by atoms with E-state index in [1.54, 1.807) is 11.3 Å². The summed E-state index contributed by atoms with van der Waals surface area (Å²) in [6, 6.07) is 3.70. The first-order chi connectivity index (χ1) is 10.1. The van der Waals surface area contributed by atoms with Crippen LogP contribution in [0.2, 0.25) is 0 Å². The third-order valence-corrected chi connectivity index (χ3v) is 4.19. The molecule has 4 nitrogen and oxygen atoms in total. The van der Waals surface area contributed by atoms with E-state index in [-0.39, 0.29) is 5.97 Å². The van der Waals surface area contributed by atoms with Crippen molar-refractivity contribution < 1.29 is 9.53 Å². The lowest BCUT2D eigenvalue weighted by Gasteiger charge is -2.09. The van der Waals surface area contributed by atoms with Gasteiger partial charge in [0.15, 0.2) is 0 Å². The van der Waals surface area contributed by atoms with Crippen LogP contribution in [0.3, 0.4) is 0 Å². The monoisotopic (exact) mass is 304 g/mol. The first kappa shape index (κ1) is 15.6. The van der Waals surface area contributed by atoms with Crippen LogP contribution < -0.4 is 0 Å². The summed E-state index contributed by atoms with van der Waals surface area (Å²) in [7, 11) is 0. The number of hydrogen-bond acceptors (Lipinski definition) is 5. The highest BCUT2D eigenvalue weighted by Gasteiger charge is 2.16. The number of nitrogens with zero attached hydrogens (tertiary/aromatic N) is 2. The predicted octanol–water partition coefficient (Wildman–Crippen LogP) is 3.95. The molecule has 0 unspecified atom stereocenters. The van der Waals surface area contributed by atoms with Gasteiger partial charge in [0.1, 0.15) is 0 Å². The van der Waals surface area contributed by atoms with Crippen molar-refractivity contribution in [2.24, 2.45) is 0 Å². The molecule has 0 atom stereocenters. The molecule has 5 heteroatoms.